The lowest BCUT2D eigenvalue weighted by atomic mass is 10.2. The molecule has 0 aliphatic carbocycles. The van der Waals surface area contributed by atoms with Crippen molar-refractivity contribution in [3.8, 4) is 23.3 Å². The highest BCUT2D eigenvalue weighted by Gasteiger charge is 2.12. The van der Waals surface area contributed by atoms with Gasteiger partial charge in [0.1, 0.15) is 5.82 Å². The summed E-state index contributed by atoms with van der Waals surface area (Å²) in [5.41, 5.74) is 9.36. The molecule has 26 heavy (non-hydrogen) atoms. The van der Waals surface area contributed by atoms with E-state index < -0.39 is 0 Å². The highest BCUT2D eigenvalue weighted by Crippen LogP contribution is 2.26. The number of anilines is 1. The fraction of sp³-hybridized carbons (Fsp3) is 0.0526. The Bertz CT molecular complexity index is 1020. The van der Waals surface area contributed by atoms with Crippen LogP contribution in [0.15, 0.2) is 55.2 Å². The molecule has 1 aromatic heterocycles. The van der Waals surface area contributed by atoms with Crippen LogP contribution in [-0.2, 0) is 6.54 Å². The van der Waals surface area contributed by atoms with Crippen molar-refractivity contribution in [2.75, 3.05) is 5.73 Å². The van der Waals surface area contributed by atoms with Gasteiger partial charge in [-0.1, -0.05) is 18.7 Å². The molecular formula is C19H17N5O2. The maximum Gasteiger partial charge on any atom is 0.157 e. The largest absolute Gasteiger partial charge is 0.504 e. The molecule has 2 aromatic carbocycles. The van der Waals surface area contributed by atoms with Gasteiger partial charge in [-0.3, -0.25) is 0 Å². The molecule has 0 amide bonds. The lowest BCUT2D eigenvalue weighted by Gasteiger charge is -2.10. The average molecular weight is 347 g/mol. The molecule has 0 radical (unpaired) electrons. The van der Waals surface area contributed by atoms with Gasteiger partial charge in [-0.15, -0.1) is 0 Å². The van der Waals surface area contributed by atoms with Gasteiger partial charge < -0.3 is 21.3 Å². The van der Waals surface area contributed by atoms with Crippen molar-refractivity contribution in [3.05, 3.63) is 71.9 Å². The lowest BCUT2D eigenvalue weighted by Crippen LogP contribution is -2.12. The van der Waals surface area contributed by atoms with Crippen molar-refractivity contribution in [1.29, 1.82) is 5.26 Å². The van der Waals surface area contributed by atoms with Crippen LogP contribution in [-0.4, -0.2) is 20.0 Å². The van der Waals surface area contributed by atoms with Gasteiger partial charge in [-0.2, -0.15) is 10.4 Å². The molecule has 130 valence electrons. The van der Waals surface area contributed by atoms with Crippen molar-refractivity contribution in [3.63, 3.8) is 0 Å². The highest BCUT2D eigenvalue weighted by molar-refractivity contribution is 5.71. The van der Waals surface area contributed by atoms with Crippen LogP contribution < -0.4 is 11.1 Å². The topological polar surface area (TPSA) is 120 Å². The molecule has 0 saturated heterocycles. The zero-order chi connectivity index (χ0) is 18.7. The van der Waals surface area contributed by atoms with Crippen LogP contribution in [0.4, 0.5) is 5.82 Å². The van der Waals surface area contributed by atoms with Crippen molar-refractivity contribution < 1.29 is 10.2 Å². The van der Waals surface area contributed by atoms with Gasteiger partial charge in [-0.05, 0) is 35.9 Å². The predicted molar refractivity (Wildman–Crippen MR) is 98.3 cm³/mol. The molecule has 0 aliphatic heterocycles. The van der Waals surface area contributed by atoms with E-state index in [0.717, 1.165) is 5.56 Å². The summed E-state index contributed by atoms with van der Waals surface area (Å²) in [5, 5.41) is 35.3. The molecule has 3 rings (SSSR count). The van der Waals surface area contributed by atoms with Crippen molar-refractivity contribution in [2.24, 2.45) is 0 Å². The number of aromatic hydroxyl groups is 2. The summed E-state index contributed by atoms with van der Waals surface area (Å²) in [5.74, 6) is 0.0449. The molecule has 0 bridgehead atoms. The Labute approximate surface area is 150 Å². The Hall–Kier alpha value is -3.92. The number of nitrogen functional groups attached to an aromatic ring is 1. The molecule has 0 atom stereocenters. The first-order valence-corrected chi connectivity index (χ1v) is 7.77. The standard InChI is InChI=1S/C19H17N5O2/c1-12(22-10-14-5-6-17(25)18(26)8-14)16-11-23-24(19(16)21)15-4-2-3-13(7-15)9-20/h2-8,11,22,25-26H,1,10,21H2. The second-order valence-corrected chi connectivity index (χ2v) is 5.67. The minimum Gasteiger partial charge on any atom is -0.504 e. The van der Waals surface area contributed by atoms with Crippen molar-refractivity contribution in [2.45, 2.75) is 6.54 Å². The van der Waals surface area contributed by atoms with E-state index in [2.05, 4.69) is 23.1 Å². The van der Waals surface area contributed by atoms with Gasteiger partial charge in [-0.25, -0.2) is 4.68 Å². The first-order valence-electron chi connectivity index (χ1n) is 7.77. The number of phenols is 2. The van der Waals surface area contributed by atoms with E-state index >= 15 is 0 Å². The number of aromatic nitrogens is 2. The number of nitriles is 1. The third kappa shape index (κ3) is 3.30. The van der Waals surface area contributed by atoms with Gasteiger partial charge >= 0.3 is 0 Å². The molecule has 0 spiro atoms. The van der Waals surface area contributed by atoms with Gasteiger partial charge in [0.15, 0.2) is 11.5 Å². The Morgan fingerprint density at radius 1 is 1.23 bits per heavy atom. The van der Waals surface area contributed by atoms with E-state index in [0.29, 0.717) is 34.9 Å². The summed E-state index contributed by atoms with van der Waals surface area (Å²) in [6, 6.07) is 13.6. The number of rotatable bonds is 5. The first-order chi connectivity index (χ1) is 12.5. The third-order valence-electron chi connectivity index (χ3n) is 3.90. The molecular weight excluding hydrogens is 330 g/mol. The number of benzene rings is 2. The Morgan fingerprint density at radius 2 is 2.04 bits per heavy atom. The molecule has 0 fully saturated rings. The molecule has 7 heteroatoms. The number of phenolic OH excluding ortho intramolecular Hbond substituents is 2. The highest BCUT2D eigenvalue weighted by atomic mass is 16.3. The smallest absolute Gasteiger partial charge is 0.157 e. The quantitative estimate of drug-likeness (QED) is 0.526. The third-order valence-corrected chi connectivity index (χ3v) is 3.90. The van der Waals surface area contributed by atoms with Gasteiger partial charge in [0.05, 0.1) is 29.1 Å². The zero-order valence-electron chi connectivity index (χ0n) is 13.8. The van der Waals surface area contributed by atoms with Crippen molar-refractivity contribution >= 4 is 11.5 Å². The second-order valence-electron chi connectivity index (χ2n) is 5.67. The number of nitrogens with two attached hydrogens (primary N) is 1. The number of hydrogen-bond donors (Lipinski definition) is 4. The van der Waals surface area contributed by atoms with Crippen LogP contribution in [0.2, 0.25) is 0 Å². The van der Waals surface area contributed by atoms with Crippen LogP contribution in [0.5, 0.6) is 11.5 Å². The predicted octanol–water partition coefficient (Wildman–Crippen LogP) is 2.50. The number of hydrogen-bond acceptors (Lipinski definition) is 6. The van der Waals surface area contributed by atoms with E-state index in [1.807, 2.05) is 6.07 Å². The summed E-state index contributed by atoms with van der Waals surface area (Å²) >= 11 is 0. The molecule has 7 nitrogen and oxygen atoms in total. The van der Waals surface area contributed by atoms with Crippen LogP contribution in [0.1, 0.15) is 16.7 Å². The van der Waals surface area contributed by atoms with Gasteiger partial charge in [0.25, 0.3) is 0 Å². The van der Waals surface area contributed by atoms with Crippen LogP contribution in [0.25, 0.3) is 11.4 Å². The average Bonchev–Trinajstić information content (AvgIpc) is 3.04. The Morgan fingerprint density at radius 3 is 2.77 bits per heavy atom. The second kappa shape index (κ2) is 6.91. The minimum absolute atomic E-state index is 0.169. The Balaban J connectivity index is 1.77. The van der Waals surface area contributed by atoms with Crippen molar-refractivity contribution in [1.82, 2.24) is 15.1 Å². The summed E-state index contributed by atoms with van der Waals surface area (Å²) in [6.45, 7) is 4.36. The Kier molecular flexibility index (Phi) is 4.50. The van der Waals surface area contributed by atoms with Gasteiger partial charge in [0, 0.05) is 12.2 Å². The summed E-state index contributed by atoms with van der Waals surface area (Å²) in [4.78, 5) is 0. The van der Waals surface area contributed by atoms with E-state index in [1.54, 1.807) is 30.5 Å². The SMILES string of the molecule is C=C(NCc1ccc(O)c(O)c1)c1cnn(-c2cccc(C#N)c2)c1N. The summed E-state index contributed by atoms with van der Waals surface area (Å²) < 4.78 is 1.54. The number of nitrogens with zero attached hydrogens (tertiary/aromatic N) is 3. The molecule has 0 saturated carbocycles. The van der Waals surface area contributed by atoms with Gasteiger partial charge in [0.2, 0.25) is 0 Å². The fourth-order valence-corrected chi connectivity index (χ4v) is 2.49. The molecule has 3 aromatic rings. The van der Waals surface area contributed by atoms with E-state index in [1.165, 1.54) is 16.8 Å². The lowest BCUT2D eigenvalue weighted by molar-refractivity contribution is 0.403. The van der Waals surface area contributed by atoms with Crippen LogP contribution in [0, 0.1) is 11.3 Å². The number of nitrogens with one attached hydrogen (secondary N) is 1. The molecule has 0 unspecified atom stereocenters. The maximum absolute atomic E-state index is 9.54. The fourth-order valence-electron chi connectivity index (χ4n) is 2.49. The normalized spacial score (nSPS) is 10.3. The van der Waals surface area contributed by atoms with Crippen LogP contribution >= 0.6 is 0 Å². The molecule has 5 N–H and O–H groups in total. The van der Waals surface area contributed by atoms with E-state index in [4.69, 9.17) is 11.0 Å². The molecule has 0 aliphatic rings. The maximum atomic E-state index is 9.54. The first kappa shape index (κ1) is 16.9. The summed E-state index contributed by atoms with van der Waals surface area (Å²) in [6.07, 6.45) is 1.60. The van der Waals surface area contributed by atoms with E-state index in [9.17, 15) is 10.2 Å². The van der Waals surface area contributed by atoms with Crippen LogP contribution in [0.3, 0.4) is 0 Å². The summed E-state index contributed by atoms with van der Waals surface area (Å²) in [7, 11) is 0. The molecule has 1 heterocycles. The monoisotopic (exact) mass is 347 g/mol. The zero-order valence-corrected chi connectivity index (χ0v) is 13.8. The van der Waals surface area contributed by atoms with E-state index in [-0.39, 0.29) is 11.5 Å². The minimum atomic E-state index is -0.181.